The van der Waals surface area contributed by atoms with E-state index in [9.17, 15) is 14.4 Å². The number of hydrogen-bond acceptors (Lipinski definition) is 5. The van der Waals surface area contributed by atoms with Gasteiger partial charge in [0.15, 0.2) is 0 Å². The summed E-state index contributed by atoms with van der Waals surface area (Å²) in [6.07, 6.45) is 5.06. The van der Waals surface area contributed by atoms with Crippen LogP contribution in [0.1, 0.15) is 55.3 Å². The molecule has 3 atom stereocenters. The second-order valence-corrected chi connectivity index (χ2v) is 9.97. The van der Waals surface area contributed by atoms with Gasteiger partial charge in [0.1, 0.15) is 18.5 Å². The molecule has 0 unspecified atom stereocenters. The van der Waals surface area contributed by atoms with Crippen LogP contribution in [0.5, 0.6) is 5.75 Å². The lowest BCUT2D eigenvalue weighted by Gasteiger charge is -2.42. The summed E-state index contributed by atoms with van der Waals surface area (Å²) in [5.74, 6) is 0.267. The van der Waals surface area contributed by atoms with Gasteiger partial charge in [-0.1, -0.05) is 31.0 Å². The van der Waals surface area contributed by atoms with Crippen LogP contribution >= 0.6 is 0 Å². The van der Waals surface area contributed by atoms with Crippen LogP contribution in [-0.2, 0) is 14.3 Å². The molecule has 0 spiro atoms. The van der Waals surface area contributed by atoms with E-state index in [-0.39, 0.29) is 54.9 Å². The third kappa shape index (κ3) is 5.38. The van der Waals surface area contributed by atoms with Gasteiger partial charge in [0.2, 0.25) is 11.8 Å². The number of ether oxygens (including phenoxy) is 2. The van der Waals surface area contributed by atoms with Gasteiger partial charge in [-0.05, 0) is 56.0 Å². The molecule has 2 heterocycles. The van der Waals surface area contributed by atoms with Crippen molar-refractivity contribution >= 4 is 29.1 Å². The zero-order chi connectivity index (χ0) is 25.1. The van der Waals surface area contributed by atoms with Crippen molar-refractivity contribution in [3.63, 3.8) is 0 Å². The summed E-state index contributed by atoms with van der Waals surface area (Å²) in [6.45, 7) is 0.278. The molecular formula is C28H33N3O5. The van der Waals surface area contributed by atoms with E-state index in [0.717, 1.165) is 31.4 Å². The first kappa shape index (κ1) is 24.3. The topological polar surface area (TPSA) is 97.0 Å². The number of carbonyl (C=O) groups excluding carboxylic acids is 3. The van der Waals surface area contributed by atoms with Gasteiger partial charge >= 0.3 is 0 Å². The fraction of sp³-hybridized carbons (Fsp3) is 0.464. The lowest BCUT2D eigenvalue weighted by Crippen LogP contribution is -2.53. The van der Waals surface area contributed by atoms with Crippen molar-refractivity contribution in [3.8, 4) is 5.75 Å². The lowest BCUT2D eigenvalue weighted by molar-refractivity contribution is -0.130. The van der Waals surface area contributed by atoms with Gasteiger partial charge in [0.05, 0.1) is 24.1 Å². The zero-order valence-electron chi connectivity index (χ0n) is 20.6. The van der Waals surface area contributed by atoms with Crippen molar-refractivity contribution in [2.75, 3.05) is 24.3 Å². The average molecular weight is 492 g/mol. The third-order valence-corrected chi connectivity index (χ3v) is 7.48. The van der Waals surface area contributed by atoms with Gasteiger partial charge in [-0.2, -0.15) is 0 Å². The maximum absolute atomic E-state index is 13.4. The molecule has 8 nitrogen and oxygen atoms in total. The number of fused-ring (bicyclic) bond motifs is 2. The van der Waals surface area contributed by atoms with E-state index >= 15 is 0 Å². The number of carbonyl (C=O) groups is 3. The fourth-order valence-corrected chi connectivity index (χ4v) is 5.48. The van der Waals surface area contributed by atoms with E-state index in [4.69, 9.17) is 9.47 Å². The van der Waals surface area contributed by atoms with Gasteiger partial charge in [0.25, 0.3) is 5.91 Å². The van der Waals surface area contributed by atoms with E-state index < -0.39 is 0 Å². The Morgan fingerprint density at radius 2 is 1.75 bits per heavy atom. The summed E-state index contributed by atoms with van der Waals surface area (Å²) in [7, 11) is 1.78. The Morgan fingerprint density at radius 3 is 2.53 bits per heavy atom. The smallest absolute Gasteiger partial charge is 0.257 e. The van der Waals surface area contributed by atoms with Crippen LogP contribution in [0.25, 0.3) is 0 Å². The number of nitrogens with zero attached hydrogens (tertiary/aromatic N) is 1. The summed E-state index contributed by atoms with van der Waals surface area (Å²) in [5.41, 5.74) is 1.80. The molecule has 0 bridgehead atoms. The largest absolute Gasteiger partial charge is 0.490 e. The van der Waals surface area contributed by atoms with Crippen molar-refractivity contribution in [3.05, 3.63) is 54.1 Å². The van der Waals surface area contributed by atoms with Crippen LogP contribution in [0, 0.1) is 5.92 Å². The number of para-hydroxylation sites is 1. The molecule has 3 aliphatic rings. The molecule has 1 saturated heterocycles. The Hall–Kier alpha value is -3.39. The first-order valence-electron chi connectivity index (χ1n) is 12.8. The molecule has 2 fully saturated rings. The van der Waals surface area contributed by atoms with Crippen LogP contribution in [0.15, 0.2) is 48.5 Å². The van der Waals surface area contributed by atoms with Crippen LogP contribution in [-0.4, -0.2) is 54.5 Å². The van der Waals surface area contributed by atoms with Crippen LogP contribution in [0.4, 0.5) is 11.4 Å². The summed E-state index contributed by atoms with van der Waals surface area (Å²) in [4.78, 5) is 40.2. The van der Waals surface area contributed by atoms with Gasteiger partial charge in [-0.25, -0.2) is 0 Å². The van der Waals surface area contributed by atoms with E-state index in [1.807, 2.05) is 30.3 Å². The maximum atomic E-state index is 13.4. The minimum Gasteiger partial charge on any atom is -0.490 e. The first-order valence-corrected chi connectivity index (χ1v) is 12.8. The SMILES string of the molecule is CN1C(=O)c2cc(NC(=O)C3CCCC3)ccc2OC[C@@H]2O[C@@H](CC(=O)Nc3ccccc3)CC[C@H]21. The molecule has 2 aliphatic heterocycles. The van der Waals surface area contributed by atoms with E-state index in [1.165, 1.54) is 0 Å². The van der Waals surface area contributed by atoms with Crippen molar-refractivity contribution in [2.24, 2.45) is 5.92 Å². The molecule has 2 aromatic carbocycles. The molecule has 8 heteroatoms. The standard InChI is InChI=1S/C28H33N3O5/c1-31-23-13-12-21(16-26(32)29-19-9-3-2-4-10-19)36-25(23)17-35-24-14-11-20(15-22(24)28(31)34)30-27(33)18-7-5-6-8-18/h2-4,9-11,14-15,18,21,23,25H,5-8,12-13,16-17H2,1H3,(H,29,32)(H,30,33)/t21-,23-,25+/m1/s1. The Morgan fingerprint density at radius 1 is 0.972 bits per heavy atom. The summed E-state index contributed by atoms with van der Waals surface area (Å²) < 4.78 is 12.3. The summed E-state index contributed by atoms with van der Waals surface area (Å²) >= 11 is 0. The Balaban J connectivity index is 1.24. The number of nitrogens with one attached hydrogen (secondary N) is 2. The minimum absolute atomic E-state index is 0.0168. The van der Waals surface area contributed by atoms with Gasteiger partial charge < -0.3 is 25.0 Å². The molecule has 1 aliphatic carbocycles. The Bertz CT molecular complexity index is 1120. The number of rotatable bonds is 5. The molecule has 2 N–H and O–H groups in total. The highest BCUT2D eigenvalue weighted by molar-refractivity contribution is 6.00. The molecule has 5 rings (SSSR count). The molecule has 2 aromatic rings. The fourth-order valence-electron chi connectivity index (χ4n) is 5.48. The first-order chi connectivity index (χ1) is 17.5. The van der Waals surface area contributed by atoms with Gasteiger partial charge in [-0.15, -0.1) is 0 Å². The molecule has 1 saturated carbocycles. The molecule has 36 heavy (non-hydrogen) atoms. The molecule has 190 valence electrons. The molecule has 3 amide bonds. The van der Waals surface area contributed by atoms with Crippen LogP contribution in [0.2, 0.25) is 0 Å². The molecule has 0 aromatic heterocycles. The predicted molar refractivity (Wildman–Crippen MR) is 136 cm³/mol. The van der Waals surface area contributed by atoms with E-state index in [1.54, 1.807) is 30.1 Å². The van der Waals surface area contributed by atoms with E-state index in [2.05, 4.69) is 10.6 Å². The van der Waals surface area contributed by atoms with Crippen molar-refractivity contribution in [1.29, 1.82) is 0 Å². The summed E-state index contributed by atoms with van der Waals surface area (Å²) in [6, 6.07) is 14.4. The average Bonchev–Trinajstić information content (AvgIpc) is 3.42. The lowest BCUT2D eigenvalue weighted by atomic mass is 9.94. The van der Waals surface area contributed by atoms with Crippen molar-refractivity contribution < 1.29 is 23.9 Å². The minimum atomic E-state index is -0.336. The highest BCUT2D eigenvalue weighted by Gasteiger charge is 2.39. The highest BCUT2D eigenvalue weighted by Crippen LogP contribution is 2.33. The molecular weight excluding hydrogens is 458 g/mol. The second kappa shape index (κ2) is 10.7. The monoisotopic (exact) mass is 491 g/mol. The van der Waals surface area contributed by atoms with Crippen LogP contribution < -0.4 is 15.4 Å². The number of hydrogen-bond donors (Lipinski definition) is 2. The third-order valence-electron chi connectivity index (χ3n) is 7.48. The summed E-state index contributed by atoms with van der Waals surface area (Å²) in [5, 5.41) is 5.88. The predicted octanol–water partition coefficient (Wildman–Crippen LogP) is 4.22. The van der Waals surface area contributed by atoms with Gasteiger partial charge in [0, 0.05) is 24.3 Å². The van der Waals surface area contributed by atoms with Crippen molar-refractivity contribution in [2.45, 2.75) is 63.2 Å². The second-order valence-electron chi connectivity index (χ2n) is 9.97. The van der Waals surface area contributed by atoms with Crippen LogP contribution in [0.3, 0.4) is 0 Å². The number of anilines is 2. The molecule has 0 radical (unpaired) electrons. The normalized spacial score (nSPS) is 24.1. The quantitative estimate of drug-likeness (QED) is 0.653. The van der Waals surface area contributed by atoms with Gasteiger partial charge in [-0.3, -0.25) is 14.4 Å². The highest BCUT2D eigenvalue weighted by atomic mass is 16.5. The van der Waals surface area contributed by atoms with Crippen molar-refractivity contribution in [1.82, 2.24) is 4.90 Å². The Kier molecular flexibility index (Phi) is 7.23. The van der Waals surface area contributed by atoms with E-state index in [0.29, 0.717) is 29.8 Å². The zero-order valence-corrected chi connectivity index (χ0v) is 20.6. The maximum Gasteiger partial charge on any atom is 0.257 e. The number of amides is 3. The number of benzene rings is 2. The number of likely N-dealkylation sites (N-methyl/N-ethyl adjacent to an activating group) is 1. The Labute approximate surface area is 211 Å².